The van der Waals surface area contributed by atoms with Crippen molar-refractivity contribution in [2.75, 3.05) is 0 Å². The summed E-state index contributed by atoms with van der Waals surface area (Å²) < 4.78 is 16.5. The Kier molecular flexibility index (Phi) is 6.32. The van der Waals surface area contributed by atoms with Crippen LogP contribution < -0.4 is 10.9 Å². The first-order valence-corrected chi connectivity index (χ1v) is 10.5. The van der Waals surface area contributed by atoms with Crippen molar-refractivity contribution in [1.29, 1.82) is 0 Å². The van der Waals surface area contributed by atoms with Gasteiger partial charge in [0.1, 0.15) is 11.6 Å². The molecule has 1 atom stereocenters. The van der Waals surface area contributed by atoms with Crippen molar-refractivity contribution in [3.63, 3.8) is 0 Å². The van der Waals surface area contributed by atoms with Gasteiger partial charge in [0.2, 0.25) is 11.6 Å². The van der Waals surface area contributed by atoms with E-state index in [2.05, 4.69) is 15.5 Å². The number of halogens is 2. The van der Waals surface area contributed by atoms with Crippen LogP contribution in [0.5, 0.6) is 0 Å². The molecule has 0 aliphatic rings. The van der Waals surface area contributed by atoms with E-state index in [4.69, 9.17) is 11.6 Å². The van der Waals surface area contributed by atoms with Gasteiger partial charge in [0, 0.05) is 36.8 Å². The molecule has 164 valence electrons. The monoisotopic (exact) mass is 453 g/mol. The highest BCUT2D eigenvalue weighted by Crippen LogP contribution is 2.15. The average molecular weight is 454 g/mol. The molecule has 2 aromatic heterocycles. The number of carbonyl (C=O) groups is 1. The summed E-state index contributed by atoms with van der Waals surface area (Å²) >= 11 is 6.12. The highest BCUT2D eigenvalue weighted by Gasteiger charge is 2.16. The van der Waals surface area contributed by atoms with Gasteiger partial charge in [-0.2, -0.15) is 0 Å². The number of aromatic nitrogens is 4. The van der Waals surface area contributed by atoms with Gasteiger partial charge in [0.05, 0.1) is 5.69 Å². The van der Waals surface area contributed by atoms with Gasteiger partial charge in [-0.3, -0.25) is 18.6 Å². The molecule has 1 N–H and O–H groups in total. The number of hydrogen-bond acceptors (Lipinski definition) is 4. The van der Waals surface area contributed by atoms with Crippen LogP contribution in [0.25, 0.3) is 11.3 Å². The third-order valence-electron chi connectivity index (χ3n) is 5.13. The normalized spacial score (nSPS) is 12.1. The summed E-state index contributed by atoms with van der Waals surface area (Å²) in [6.45, 7) is 2.29. The molecule has 7 nitrogen and oxygen atoms in total. The van der Waals surface area contributed by atoms with Crippen LogP contribution in [0, 0.1) is 11.7 Å². The van der Waals surface area contributed by atoms with E-state index in [0.717, 1.165) is 5.56 Å². The minimum atomic E-state index is -0.432. The van der Waals surface area contributed by atoms with Crippen molar-refractivity contribution in [2.24, 2.45) is 5.92 Å². The fourth-order valence-electron chi connectivity index (χ4n) is 3.51. The van der Waals surface area contributed by atoms with Gasteiger partial charge in [-0.15, -0.1) is 10.2 Å². The second-order valence-electron chi connectivity index (χ2n) is 7.64. The number of rotatable bonds is 7. The van der Waals surface area contributed by atoms with Crippen molar-refractivity contribution in [3.05, 3.63) is 93.5 Å². The van der Waals surface area contributed by atoms with E-state index in [1.54, 1.807) is 28.9 Å². The molecule has 9 heteroatoms. The summed E-state index contributed by atoms with van der Waals surface area (Å²) in [6.07, 6.45) is 3.98. The molecule has 0 spiro atoms. The summed E-state index contributed by atoms with van der Waals surface area (Å²) in [4.78, 5) is 25.1. The van der Waals surface area contributed by atoms with E-state index in [1.165, 1.54) is 22.8 Å². The number of amides is 1. The molecule has 0 bridgehead atoms. The number of carbonyl (C=O) groups excluding carboxylic acids is 1. The Balaban J connectivity index is 1.44. The van der Waals surface area contributed by atoms with Gasteiger partial charge < -0.3 is 5.32 Å². The van der Waals surface area contributed by atoms with Gasteiger partial charge in [-0.25, -0.2) is 4.39 Å². The summed E-state index contributed by atoms with van der Waals surface area (Å²) in [6, 6.07) is 13.1. The zero-order valence-corrected chi connectivity index (χ0v) is 18.1. The van der Waals surface area contributed by atoms with Crippen LogP contribution in [0.15, 0.2) is 65.7 Å². The molecule has 4 rings (SSSR count). The van der Waals surface area contributed by atoms with Crippen molar-refractivity contribution in [2.45, 2.75) is 26.3 Å². The van der Waals surface area contributed by atoms with E-state index in [-0.39, 0.29) is 17.5 Å². The topological polar surface area (TPSA) is 81.3 Å². The average Bonchev–Trinajstić information content (AvgIpc) is 3.17. The molecule has 0 saturated carbocycles. The van der Waals surface area contributed by atoms with Crippen molar-refractivity contribution in [1.82, 2.24) is 24.5 Å². The Morgan fingerprint density at radius 2 is 1.97 bits per heavy atom. The molecule has 4 aromatic rings. The van der Waals surface area contributed by atoms with Crippen LogP contribution >= 0.6 is 11.6 Å². The van der Waals surface area contributed by atoms with E-state index in [1.807, 2.05) is 25.1 Å². The van der Waals surface area contributed by atoms with E-state index >= 15 is 0 Å². The first kappa shape index (κ1) is 21.7. The zero-order chi connectivity index (χ0) is 22.7. The highest BCUT2D eigenvalue weighted by molar-refractivity contribution is 6.31. The van der Waals surface area contributed by atoms with Crippen LogP contribution in [-0.4, -0.2) is 25.1 Å². The van der Waals surface area contributed by atoms with Gasteiger partial charge >= 0.3 is 5.56 Å². The number of nitrogens with one attached hydrogen (secondary N) is 1. The quantitative estimate of drug-likeness (QED) is 0.464. The molecule has 0 fully saturated rings. The zero-order valence-electron chi connectivity index (χ0n) is 17.3. The largest absolute Gasteiger partial charge is 0.352 e. The number of nitrogens with zero attached hydrogens (tertiary/aromatic N) is 4. The third-order valence-corrected chi connectivity index (χ3v) is 5.50. The van der Waals surface area contributed by atoms with Crippen molar-refractivity contribution < 1.29 is 9.18 Å². The van der Waals surface area contributed by atoms with Crippen LogP contribution in [0.3, 0.4) is 0 Å². The van der Waals surface area contributed by atoms with Gasteiger partial charge in [0.25, 0.3) is 0 Å². The molecule has 2 aromatic carbocycles. The summed E-state index contributed by atoms with van der Waals surface area (Å²) in [5.41, 5.74) is 1.00. The Bertz CT molecular complexity index is 1330. The predicted octanol–water partition coefficient (Wildman–Crippen LogP) is 3.56. The number of benzene rings is 2. The molecular weight excluding hydrogens is 433 g/mol. The lowest BCUT2D eigenvalue weighted by Crippen LogP contribution is -2.25. The number of hydrogen-bond donors (Lipinski definition) is 1. The maximum absolute atomic E-state index is 13.5. The Morgan fingerprint density at radius 1 is 1.16 bits per heavy atom. The molecule has 0 radical (unpaired) electrons. The van der Waals surface area contributed by atoms with Crippen LogP contribution in [0.4, 0.5) is 4.39 Å². The Hall–Kier alpha value is -3.52. The van der Waals surface area contributed by atoms with Gasteiger partial charge in [-0.1, -0.05) is 42.8 Å². The minimum absolute atomic E-state index is 0.0284. The summed E-state index contributed by atoms with van der Waals surface area (Å²) in [5.74, 6) is 0.0203. The van der Waals surface area contributed by atoms with Gasteiger partial charge in [0.15, 0.2) is 0 Å². The van der Waals surface area contributed by atoms with Crippen molar-refractivity contribution in [3.8, 4) is 5.69 Å². The van der Waals surface area contributed by atoms with Crippen LogP contribution in [0.2, 0.25) is 5.02 Å². The Morgan fingerprint density at radius 3 is 2.75 bits per heavy atom. The van der Waals surface area contributed by atoms with E-state index < -0.39 is 11.4 Å². The standard InChI is InChI=1S/C23H21ClFN5O2/c1-15(12-21(31)26-14-16-5-2-3-8-19(16)24)11-20-27-28-22-23(32)29(9-10-30(20)22)18-7-4-6-17(25)13-18/h2-10,13,15H,11-12,14H2,1H3,(H,26,31)/t15-/m1/s1. The lowest BCUT2D eigenvalue weighted by Gasteiger charge is -2.12. The minimum Gasteiger partial charge on any atom is -0.352 e. The molecule has 32 heavy (non-hydrogen) atoms. The number of fused-ring (bicyclic) bond motifs is 1. The molecule has 1 amide bonds. The maximum atomic E-state index is 13.5. The van der Waals surface area contributed by atoms with E-state index in [9.17, 15) is 14.0 Å². The molecule has 2 heterocycles. The van der Waals surface area contributed by atoms with Crippen LogP contribution in [0.1, 0.15) is 24.7 Å². The lowest BCUT2D eigenvalue weighted by molar-refractivity contribution is -0.122. The molecule has 0 aliphatic carbocycles. The van der Waals surface area contributed by atoms with Gasteiger partial charge in [-0.05, 0) is 35.7 Å². The highest BCUT2D eigenvalue weighted by atomic mass is 35.5. The summed E-state index contributed by atoms with van der Waals surface area (Å²) in [7, 11) is 0. The fraction of sp³-hybridized carbons (Fsp3) is 0.217. The fourth-order valence-corrected chi connectivity index (χ4v) is 3.71. The first-order chi connectivity index (χ1) is 15.4. The first-order valence-electron chi connectivity index (χ1n) is 10.1. The molecule has 0 aliphatic heterocycles. The smallest absolute Gasteiger partial charge is 0.300 e. The molecule has 0 saturated heterocycles. The third kappa shape index (κ3) is 4.70. The molecular formula is C23H21ClFN5O2. The van der Waals surface area contributed by atoms with Crippen molar-refractivity contribution >= 4 is 23.2 Å². The lowest BCUT2D eigenvalue weighted by atomic mass is 10.0. The maximum Gasteiger partial charge on any atom is 0.300 e. The summed E-state index contributed by atoms with van der Waals surface area (Å²) in [5, 5.41) is 11.6. The van der Waals surface area contributed by atoms with Crippen LogP contribution in [-0.2, 0) is 17.8 Å². The Labute approximate surface area is 188 Å². The second kappa shape index (κ2) is 9.32. The SMILES string of the molecule is C[C@@H](CC(=O)NCc1ccccc1Cl)Cc1nnc2c(=O)n(-c3cccc(F)c3)ccn12. The molecule has 0 unspecified atom stereocenters. The second-order valence-corrected chi connectivity index (χ2v) is 8.05. The predicted molar refractivity (Wildman–Crippen MR) is 119 cm³/mol. The van der Waals surface area contributed by atoms with E-state index in [0.29, 0.717) is 35.9 Å².